The summed E-state index contributed by atoms with van der Waals surface area (Å²) in [6.45, 7) is 13.5. The van der Waals surface area contributed by atoms with Crippen LogP contribution in [0.3, 0.4) is 0 Å². The minimum atomic E-state index is -4.57. The van der Waals surface area contributed by atoms with Crippen molar-refractivity contribution in [3.8, 4) is 28.6 Å². The third-order valence-electron chi connectivity index (χ3n) is 8.91. The van der Waals surface area contributed by atoms with Crippen molar-refractivity contribution in [2.24, 2.45) is 5.41 Å². The van der Waals surface area contributed by atoms with E-state index in [4.69, 9.17) is 14.2 Å². The number of ether oxygens (including phenoxy) is 3. The number of benzene rings is 3. The van der Waals surface area contributed by atoms with Gasteiger partial charge in [-0.25, -0.2) is 23.1 Å². The van der Waals surface area contributed by atoms with E-state index in [9.17, 15) is 36.3 Å². The number of alkyl halides is 3. The quantitative estimate of drug-likeness (QED) is 0.123. The lowest BCUT2D eigenvalue weighted by Gasteiger charge is -2.19. The van der Waals surface area contributed by atoms with E-state index in [2.05, 4.69) is 43.2 Å². The molecule has 2 aromatic heterocycles. The van der Waals surface area contributed by atoms with Crippen LogP contribution < -0.4 is 20.3 Å². The first kappa shape index (κ1) is 42.3. The number of aromatic nitrogens is 3. The van der Waals surface area contributed by atoms with Crippen LogP contribution >= 0.6 is 0 Å². The predicted octanol–water partition coefficient (Wildman–Crippen LogP) is 9.15. The molecule has 1 aliphatic rings. The molecule has 5 aromatic rings. The summed E-state index contributed by atoms with van der Waals surface area (Å²) in [4.78, 5) is 42.6. The number of halogens is 5. The van der Waals surface area contributed by atoms with Crippen LogP contribution in [0.25, 0.3) is 11.1 Å². The fraction of sp³-hybridized carbons (Fsp3) is 0.333. The van der Waals surface area contributed by atoms with Crippen LogP contribution in [-0.2, 0) is 41.6 Å². The number of fused-ring (bicyclic) bond motifs is 1. The Labute approximate surface area is 326 Å². The first-order valence-corrected chi connectivity index (χ1v) is 18.3. The Hall–Kier alpha value is -5.83. The lowest BCUT2D eigenvalue weighted by molar-refractivity contribution is -0.143. The van der Waals surface area contributed by atoms with Crippen molar-refractivity contribution < 1.29 is 45.8 Å². The Balaban J connectivity index is 0.000000218. The van der Waals surface area contributed by atoms with E-state index >= 15 is 0 Å². The molecule has 15 heteroatoms. The second kappa shape index (κ2) is 17.5. The molecule has 302 valence electrons. The van der Waals surface area contributed by atoms with Gasteiger partial charge in [-0.3, -0.25) is 14.4 Å². The van der Waals surface area contributed by atoms with Gasteiger partial charge in [0.25, 0.3) is 11.5 Å². The van der Waals surface area contributed by atoms with Crippen LogP contribution in [-0.4, -0.2) is 39.4 Å². The molecule has 0 spiro atoms. The number of carbonyl (C=O) groups is 2. The Kier molecular flexibility index (Phi) is 13.0. The van der Waals surface area contributed by atoms with Crippen molar-refractivity contribution in [3.63, 3.8) is 0 Å². The molecular formula is C42H43F5N4O6. The molecule has 0 saturated heterocycles. The summed E-state index contributed by atoms with van der Waals surface area (Å²) in [6, 6.07) is 13.6. The summed E-state index contributed by atoms with van der Waals surface area (Å²) in [6.07, 6.45) is -1.70. The van der Waals surface area contributed by atoms with Crippen molar-refractivity contribution in [2.75, 3.05) is 18.5 Å². The molecule has 3 heterocycles. The molecule has 0 radical (unpaired) electrons. The average molecular weight is 795 g/mol. The highest BCUT2D eigenvalue weighted by Crippen LogP contribution is 2.37. The zero-order valence-electron chi connectivity index (χ0n) is 32.4. The van der Waals surface area contributed by atoms with Gasteiger partial charge in [-0.05, 0) is 99.7 Å². The second-order valence-electron chi connectivity index (χ2n) is 14.2. The van der Waals surface area contributed by atoms with E-state index in [0.29, 0.717) is 43.8 Å². The van der Waals surface area contributed by atoms with Gasteiger partial charge in [0.05, 0.1) is 43.0 Å². The number of aryl methyl sites for hydroxylation is 3. The largest absolute Gasteiger partial charge is 0.438 e. The molecule has 0 aliphatic carbocycles. The molecule has 57 heavy (non-hydrogen) atoms. The maximum absolute atomic E-state index is 13.7. The van der Waals surface area contributed by atoms with Gasteiger partial charge in [0.1, 0.15) is 28.5 Å². The third-order valence-corrected chi connectivity index (χ3v) is 8.91. The van der Waals surface area contributed by atoms with Crippen molar-refractivity contribution in [2.45, 2.75) is 73.6 Å². The number of hydrogen-bond acceptors (Lipinski definition) is 7. The van der Waals surface area contributed by atoms with Crippen LogP contribution in [0.15, 0.2) is 77.7 Å². The van der Waals surface area contributed by atoms with Gasteiger partial charge in [-0.1, -0.05) is 37.6 Å². The van der Waals surface area contributed by atoms with Crippen LogP contribution in [0.2, 0.25) is 0 Å². The molecule has 1 amide bonds. The molecular weight excluding hydrogens is 751 g/mol. The topological polar surface area (TPSA) is 114 Å². The summed E-state index contributed by atoms with van der Waals surface area (Å²) in [5, 5.41) is 2.23. The molecule has 1 N–H and O–H groups in total. The minimum absolute atomic E-state index is 0.125. The Morgan fingerprint density at radius 3 is 2.16 bits per heavy atom. The normalized spacial score (nSPS) is 12.8. The van der Waals surface area contributed by atoms with Gasteiger partial charge in [0, 0.05) is 12.3 Å². The number of nitrogens with one attached hydrogen (secondary N) is 1. The van der Waals surface area contributed by atoms with E-state index in [-0.39, 0.29) is 34.4 Å². The van der Waals surface area contributed by atoms with E-state index in [1.807, 2.05) is 20.8 Å². The van der Waals surface area contributed by atoms with Gasteiger partial charge in [0.2, 0.25) is 11.8 Å². The standard InChI is InChI=1S/C23H32N2O4.C19H11F5N2O2/c1-7-16-13-15(3)14-17(8-2)18(16)19-20(26)24-9-11-28-12-10-25(24)21(19)29-22(27)23(4,5)6;20-12-6-7-16(15(21)10-12)26-17(27)14-5-2-8-25-18(14)28-13-4-1-3-11(9-13)19(22,23)24/h13-14H,7-12H2,1-6H3;1-10H,(H,26,27). The van der Waals surface area contributed by atoms with Crippen LogP contribution in [0, 0.1) is 24.0 Å². The number of nitrogens with zero attached hydrogens (tertiary/aromatic N) is 3. The number of carbonyl (C=O) groups excluding carboxylic acids is 2. The predicted molar refractivity (Wildman–Crippen MR) is 204 cm³/mol. The van der Waals surface area contributed by atoms with Crippen LogP contribution in [0.1, 0.15) is 67.2 Å². The average Bonchev–Trinajstić information content (AvgIpc) is 3.28. The summed E-state index contributed by atoms with van der Waals surface area (Å²) in [7, 11) is 0. The second-order valence-corrected chi connectivity index (χ2v) is 14.2. The number of esters is 1. The summed E-state index contributed by atoms with van der Waals surface area (Å²) in [5.41, 5.74) is 2.63. The Morgan fingerprint density at radius 1 is 0.877 bits per heavy atom. The highest BCUT2D eigenvalue weighted by atomic mass is 19.4. The highest BCUT2D eigenvalue weighted by Gasteiger charge is 2.33. The molecule has 0 saturated carbocycles. The number of hydrogen-bond donors (Lipinski definition) is 1. The third kappa shape index (κ3) is 9.95. The SMILES string of the molecule is CCc1cc(C)cc(CC)c1-c1c(OC(=O)C(C)(C)C)n2n(c1=O)CCOCC2.O=C(Nc1ccc(F)cc1F)c1cccnc1Oc1cccc(C(F)(F)F)c1. The Morgan fingerprint density at radius 2 is 1.54 bits per heavy atom. The molecule has 10 nitrogen and oxygen atoms in total. The zero-order valence-corrected chi connectivity index (χ0v) is 32.4. The molecule has 3 aromatic carbocycles. The first-order valence-electron chi connectivity index (χ1n) is 18.3. The molecule has 0 fully saturated rings. The maximum atomic E-state index is 13.7. The Bertz CT molecular complexity index is 2300. The summed E-state index contributed by atoms with van der Waals surface area (Å²) >= 11 is 0. The summed E-state index contributed by atoms with van der Waals surface area (Å²) in [5.74, 6) is -3.11. The lowest BCUT2D eigenvalue weighted by atomic mass is 9.91. The first-order chi connectivity index (χ1) is 26.9. The zero-order chi connectivity index (χ0) is 41.7. The van der Waals surface area contributed by atoms with Gasteiger partial charge < -0.3 is 19.5 Å². The van der Waals surface area contributed by atoms with E-state index in [1.165, 1.54) is 30.0 Å². The monoisotopic (exact) mass is 794 g/mol. The number of amides is 1. The van der Waals surface area contributed by atoms with Gasteiger partial charge in [-0.15, -0.1) is 0 Å². The van der Waals surface area contributed by atoms with Crippen molar-refractivity contribution in [3.05, 3.63) is 123 Å². The smallest absolute Gasteiger partial charge is 0.416 e. The van der Waals surface area contributed by atoms with Crippen molar-refractivity contribution in [1.82, 2.24) is 14.3 Å². The summed E-state index contributed by atoms with van der Waals surface area (Å²) < 4.78 is 85.4. The molecule has 1 aliphatic heterocycles. The van der Waals surface area contributed by atoms with Crippen molar-refractivity contribution in [1.29, 1.82) is 0 Å². The number of pyridine rings is 1. The van der Waals surface area contributed by atoms with Crippen LogP contribution in [0.4, 0.5) is 27.6 Å². The highest BCUT2D eigenvalue weighted by molar-refractivity contribution is 6.05. The molecule has 0 bridgehead atoms. The van der Waals surface area contributed by atoms with Gasteiger partial charge in [-0.2, -0.15) is 13.2 Å². The lowest BCUT2D eigenvalue weighted by Crippen LogP contribution is -2.27. The molecule has 6 rings (SSSR count). The number of anilines is 1. The van der Waals surface area contributed by atoms with E-state index in [1.54, 1.807) is 9.36 Å². The fourth-order valence-electron chi connectivity index (χ4n) is 6.07. The van der Waals surface area contributed by atoms with Gasteiger partial charge in [0.15, 0.2) is 0 Å². The molecule has 0 unspecified atom stereocenters. The van der Waals surface area contributed by atoms with Gasteiger partial charge >= 0.3 is 12.1 Å². The van der Waals surface area contributed by atoms with Crippen LogP contribution in [0.5, 0.6) is 17.5 Å². The van der Waals surface area contributed by atoms with E-state index < -0.39 is 34.7 Å². The fourth-order valence-corrected chi connectivity index (χ4v) is 6.07. The maximum Gasteiger partial charge on any atom is 0.416 e. The van der Waals surface area contributed by atoms with E-state index in [0.717, 1.165) is 59.9 Å². The molecule has 0 atom stereocenters. The number of rotatable bonds is 8. The minimum Gasteiger partial charge on any atom is -0.438 e. The van der Waals surface area contributed by atoms with Crippen molar-refractivity contribution >= 4 is 17.6 Å².